The summed E-state index contributed by atoms with van der Waals surface area (Å²) in [7, 11) is 3.51. The maximum atomic E-state index is 6.35. The summed E-state index contributed by atoms with van der Waals surface area (Å²) >= 11 is 7.09. The third-order valence-corrected chi connectivity index (χ3v) is 7.25. The van der Waals surface area contributed by atoms with Gasteiger partial charge < -0.3 is 18.5 Å². The fourth-order valence-electron chi connectivity index (χ4n) is 4.91. The molecule has 2 aromatic carbocycles. The quantitative estimate of drug-likeness (QED) is 0.376. The largest absolute Gasteiger partial charge is 0.605 e. The van der Waals surface area contributed by atoms with E-state index in [4.69, 9.17) is 9.31 Å². The Labute approximate surface area is 191 Å². The van der Waals surface area contributed by atoms with Crippen LogP contribution in [0.2, 0.25) is 0 Å². The molecule has 0 aliphatic carbocycles. The average molecular weight is 530 g/mol. The van der Waals surface area contributed by atoms with Crippen LogP contribution in [-0.2, 0) is 9.31 Å². The average Bonchev–Trinajstić information content (AvgIpc) is 3.45. The Morgan fingerprint density at radius 3 is 1.37 bits per heavy atom. The first-order chi connectivity index (χ1) is 14.6. The smallest absolute Gasteiger partial charge is 0.506 e. The lowest BCUT2D eigenvalue weighted by atomic mass is 9.52. The molecule has 0 saturated carbocycles. The molecule has 1 aliphatic heterocycles. The molecule has 0 atom stereocenters. The SMILES string of the molecule is CO[B@-]1(c2ccc(Br)cc2)n2ccc[n+]2[B@-](OC)(c2ccc(Br)cc2)n2ccc[n+]21. The highest BCUT2D eigenvalue weighted by Gasteiger charge is 2.61. The van der Waals surface area contributed by atoms with Gasteiger partial charge in [0.2, 0.25) is 0 Å². The van der Waals surface area contributed by atoms with Gasteiger partial charge in [-0.2, -0.15) is 0 Å². The van der Waals surface area contributed by atoms with Gasteiger partial charge in [0, 0.05) is 33.5 Å². The van der Waals surface area contributed by atoms with E-state index in [2.05, 4.69) is 74.5 Å². The minimum Gasteiger partial charge on any atom is -0.506 e. The van der Waals surface area contributed by atoms with E-state index in [1.54, 1.807) is 14.2 Å². The lowest BCUT2D eigenvalue weighted by Crippen LogP contribution is -2.98. The van der Waals surface area contributed by atoms with E-state index >= 15 is 0 Å². The van der Waals surface area contributed by atoms with Gasteiger partial charge in [0.05, 0.1) is 0 Å². The molecule has 0 radical (unpaired) electrons. The Balaban J connectivity index is 1.86. The normalized spacial score (nSPS) is 22.5. The van der Waals surface area contributed by atoms with Crippen LogP contribution < -0.4 is 20.1 Å². The summed E-state index contributed by atoms with van der Waals surface area (Å²) < 4.78 is 23.3. The molecule has 5 rings (SSSR count). The standard InChI is InChI=1S/C20H20B2Br2N4O2/c1-29-21(17-5-9-19(23)10-6-17)25-13-3-15-27(25)22(30-2,28-16-4-14-26(21)28)18-7-11-20(24)12-8-18/h3-16H,1-2H3/t21-,22-. The van der Waals surface area contributed by atoms with Crippen molar-refractivity contribution in [2.24, 2.45) is 0 Å². The van der Waals surface area contributed by atoms with E-state index < -0.39 is 13.2 Å². The summed E-state index contributed by atoms with van der Waals surface area (Å²) in [5.74, 6) is 0. The van der Waals surface area contributed by atoms with Gasteiger partial charge in [-0.3, -0.25) is 9.19 Å². The summed E-state index contributed by atoms with van der Waals surface area (Å²) in [4.78, 5) is 0. The van der Waals surface area contributed by atoms with Gasteiger partial charge in [-0.15, -0.1) is 0 Å². The molecule has 0 bridgehead atoms. The van der Waals surface area contributed by atoms with E-state index in [1.165, 1.54) is 0 Å². The fraction of sp³-hybridized carbons (Fsp3) is 0.100. The molecule has 0 N–H and O–H groups in total. The van der Waals surface area contributed by atoms with Crippen LogP contribution in [-0.4, -0.2) is 36.6 Å². The number of hydrogen-bond donors (Lipinski definition) is 0. The highest BCUT2D eigenvalue weighted by Crippen LogP contribution is 2.17. The third-order valence-electron chi connectivity index (χ3n) is 6.19. The van der Waals surface area contributed by atoms with Gasteiger partial charge in [-0.25, -0.2) is 0 Å². The number of aromatic nitrogens is 4. The fourth-order valence-corrected chi connectivity index (χ4v) is 5.44. The number of halogens is 2. The van der Waals surface area contributed by atoms with E-state index in [1.807, 2.05) is 61.2 Å². The topological polar surface area (TPSA) is 36.1 Å². The molecule has 0 spiro atoms. The lowest BCUT2D eigenvalue weighted by Gasteiger charge is -2.46. The summed E-state index contributed by atoms with van der Waals surface area (Å²) in [5, 5.41) is 0. The highest BCUT2D eigenvalue weighted by atomic mass is 79.9. The lowest BCUT2D eigenvalue weighted by molar-refractivity contribution is -0.727. The van der Waals surface area contributed by atoms with Crippen LogP contribution in [0.1, 0.15) is 0 Å². The Hall–Kier alpha value is -2.13. The van der Waals surface area contributed by atoms with Crippen molar-refractivity contribution in [1.29, 1.82) is 0 Å². The van der Waals surface area contributed by atoms with Crippen molar-refractivity contribution in [2.45, 2.75) is 0 Å². The van der Waals surface area contributed by atoms with Gasteiger partial charge in [0.1, 0.15) is 12.4 Å². The monoisotopic (exact) mass is 528 g/mol. The van der Waals surface area contributed by atoms with Crippen molar-refractivity contribution in [3.63, 3.8) is 0 Å². The summed E-state index contributed by atoms with van der Waals surface area (Å²) in [6, 6.07) is 20.6. The zero-order chi connectivity index (χ0) is 20.9. The Bertz CT molecular complexity index is 1080. The number of hydrogen-bond acceptors (Lipinski definition) is 2. The van der Waals surface area contributed by atoms with Crippen LogP contribution in [0.25, 0.3) is 0 Å². The molecule has 1 aliphatic rings. The Morgan fingerprint density at radius 2 is 1.03 bits per heavy atom. The maximum absolute atomic E-state index is 6.35. The van der Waals surface area contributed by atoms with Crippen LogP contribution in [0.4, 0.5) is 0 Å². The summed E-state index contributed by atoms with van der Waals surface area (Å²) in [6.07, 6.45) is 8.18. The minimum atomic E-state index is -1.80. The zero-order valence-corrected chi connectivity index (χ0v) is 19.8. The van der Waals surface area contributed by atoms with Crippen molar-refractivity contribution in [3.05, 3.63) is 94.4 Å². The summed E-state index contributed by atoms with van der Waals surface area (Å²) in [6.45, 7) is -3.61. The maximum Gasteiger partial charge on any atom is 0.605 e. The molecule has 152 valence electrons. The summed E-state index contributed by atoms with van der Waals surface area (Å²) in [5.41, 5.74) is 2.10. The van der Waals surface area contributed by atoms with Crippen molar-refractivity contribution >= 4 is 56.0 Å². The predicted octanol–water partition coefficient (Wildman–Crippen LogP) is 1.48. The van der Waals surface area contributed by atoms with E-state index in [-0.39, 0.29) is 0 Å². The number of rotatable bonds is 4. The highest BCUT2D eigenvalue weighted by molar-refractivity contribution is 9.10. The van der Waals surface area contributed by atoms with Crippen LogP contribution in [0.15, 0.2) is 94.4 Å². The second-order valence-corrected chi connectivity index (χ2v) is 9.31. The first-order valence-corrected chi connectivity index (χ1v) is 11.3. The van der Waals surface area contributed by atoms with E-state index in [0.29, 0.717) is 0 Å². The molecule has 0 fully saturated rings. The molecule has 6 nitrogen and oxygen atoms in total. The number of nitrogens with zero attached hydrogens (tertiary/aromatic N) is 4. The number of benzene rings is 2. The molecular formula is C20H20B2Br2N4O2. The van der Waals surface area contributed by atoms with Crippen molar-refractivity contribution in [1.82, 2.24) is 9.19 Å². The Morgan fingerprint density at radius 1 is 0.667 bits per heavy atom. The molecule has 30 heavy (non-hydrogen) atoms. The van der Waals surface area contributed by atoms with Crippen molar-refractivity contribution in [3.8, 4) is 0 Å². The van der Waals surface area contributed by atoms with Gasteiger partial charge in [-0.1, -0.05) is 91.3 Å². The van der Waals surface area contributed by atoms with Gasteiger partial charge >= 0.3 is 13.2 Å². The van der Waals surface area contributed by atoms with E-state index in [0.717, 1.165) is 19.9 Å². The molecular weight excluding hydrogens is 510 g/mol. The first kappa shape index (κ1) is 19.8. The van der Waals surface area contributed by atoms with Crippen molar-refractivity contribution in [2.75, 3.05) is 14.2 Å². The molecule has 3 heterocycles. The van der Waals surface area contributed by atoms with Crippen LogP contribution in [0.5, 0.6) is 0 Å². The molecule has 2 aromatic heterocycles. The zero-order valence-electron chi connectivity index (χ0n) is 16.6. The molecule has 4 aromatic rings. The molecule has 10 heteroatoms. The second kappa shape index (κ2) is 7.23. The first-order valence-electron chi connectivity index (χ1n) is 9.68. The molecule has 0 saturated heterocycles. The molecule has 0 amide bonds. The Kier molecular flexibility index (Phi) is 4.77. The van der Waals surface area contributed by atoms with Gasteiger partial charge in [0.15, 0.2) is 0 Å². The van der Waals surface area contributed by atoms with Crippen LogP contribution in [0, 0.1) is 0 Å². The second-order valence-electron chi connectivity index (χ2n) is 7.48. The van der Waals surface area contributed by atoms with E-state index in [9.17, 15) is 0 Å². The van der Waals surface area contributed by atoms with Gasteiger partial charge in [-0.05, 0) is 14.2 Å². The van der Waals surface area contributed by atoms with Crippen LogP contribution >= 0.6 is 31.9 Å². The molecule has 0 unspecified atom stereocenters. The van der Waals surface area contributed by atoms with Gasteiger partial charge in [0.25, 0.3) is 0 Å². The predicted molar refractivity (Wildman–Crippen MR) is 124 cm³/mol. The van der Waals surface area contributed by atoms with Crippen molar-refractivity contribution < 1.29 is 18.5 Å². The number of fused-ring (bicyclic) bond motifs is 2. The van der Waals surface area contributed by atoms with Crippen LogP contribution in [0.3, 0.4) is 0 Å². The minimum absolute atomic E-state index is 1.02. The third kappa shape index (κ3) is 2.51.